The number of hydrogen-bond donors (Lipinski definition) is 0. The van der Waals surface area contributed by atoms with Crippen LogP contribution in [-0.2, 0) is 19.1 Å². The van der Waals surface area contributed by atoms with Gasteiger partial charge in [0.1, 0.15) is 18.3 Å². The highest BCUT2D eigenvalue weighted by molar-refractivity contribution is 5.94. The fraction of sp³-hybridized carbons (Fsp3) is 0.636. The molecule has 15 heavy (non-hydrogen) atoms. The van der Waals surface area contributed by atoms with Crippen LogP contribution < -0.4 is 0 Å². The Kier molecular flexibility index (Phi) is 6.62. The van der Waals surface area contributed by atoms with Gasteiger partial charge in [-0.2, -0.15) is 0 Å². The molecule has 0 rings (SSSR count). The number of hydrogen-bond acceptors (Lipinski definition) is 4. The Labute approximate surface area is 90.2 Å². The van der Waals surface area contributed by atoms with Gasteiger partial charge in [-0.15, -0.1) is 0 Å². The van der Waals surface area contributed by atoms with E-state index in [9.17, 15) is 9.59 Å². The number of carbonyl (C=O) groups excluding carboxylic acids is 2. The van der Waals surface area contributed by atoms with E-state index in [0.717, 1.165) is 5.57 Å². The first kappa shape index (κ1) is 13.8. The average molecular weight is 214 g/mol. The number of ketones is 1. The van der Waals surface area contributed by atoms with Crippen molar-refractivity contribution in [3.05, 3.63) is 12.2 Å². The van der Waals surface area contributed by atoms with Crippen LogP contribution in [0.25, 0.3) is 0 Å². The predicted molar refractivity (Wildman–Crippen MR) is 56.5 cm³/mol. The highest BCUT2D eigenvalue weighted by Gasteiger charge is 2.11. The van der Waals surface area contributed by atoms with Crippen LogP contribution in [-0.4, -0.2) is 31.1 Å². The second-order valence-electron chi connectivity index (χ2n) is 3.65. The van der Waals surface area contributed by atoms with Crippen molar-refractivity contribution in [2.45, 2.75) is 33.3 Å². The summed E-state index contributed by atoms with van der Waals surface area (Å²) in [5.74, 6) is -0.705. The summed E-state index contributed by atoms with van der Waals surface area (Å²) in [7, 11) is 0. The Balaban J connectivity index is 3.64. The van der Waals surface area contributed by atoms with E-state index in [4.69, 9.17) is 9.47 Å². The van der Waals surface area contributed by atoms with E-state index in [1.165, 1.54) is 6.92 Å². The van der Waals surface area contributed by atoms with Gasteiger partial charge in [-0.1, -0.05) is 12.2 Å². The summed E-state index contributed by atoms with van der Waals surface area (Å²) in [5, 5.41) is 0. The van der Waals surface area contributed by atoms with Gasteiger partial charge in [-0.25, -0.2) is 0 Å². The van der Waals surface area contributed by atoms with E-state index in [0.29, 0.717) is 13.2 Å². The quantitative estimate of drug-likeness (QED) is 0.366. The first-order chi connectivity index (χ1) is 6.91. The molecule has 4 heteroatoms. The van der Waals surface area contributed by atoms with E-state index in [-0.39, 0.29) is 18.3 Å². The molecule has 0 saturated carbocycles. The third-order valence-corrected chi connectivity index (χ3v) is 1.43. The molecule has 0 aromatic carbocycles. The lowest BCUT2D eigenvalue weighted by Gasteiger charge is -2.12. The summed E-state index contributed by atoms with van der Waals surface area (Å²) in [5.41, 5.74) is 0.914. The first-order valence-electron chi connectivity index (χ1n) is 4.83. The number of ether oxygens (including phenoxy) is 2. The predicted octanol–water partition coefficient (Wildman–Crippen LogP) is 1.49. The average Bonchev–Trinajstić information content (AvgIpc) is 2.00. The molecule has 0 aliphatic carbocycles. The van der Waals surface area contributed by atoms with Crippen molar-refractivity contribution >= 4 is 11.8 Å². The van der Waals surface area contributed by atoms with Crippen LogP contribution in [0.2, 0.25) is 0 Å². The van der Waals surface area contributed by atoms with Crippen molar-refractivity contribution in [2.24, 2.45) is 0 Å². The van der Waals surface area contributed by atoms with Gasteiger partial charge in [-0.05, 0) is 20.8 Å². The Morgan fingerprint density at radius 3 is 2.40 bits per heavy atom. The van der Waals surface area contributed by atoms with Gasteiger partial charge in [0.25, 0.3) is 0 Å². The molecule has 0 aliphatic rings. The molecule has 1 atom stereocenters. The highest BCUT2D eigenvalue weighted by Crippen LogP contribution is 1.98. The topological polar surface area (TPSA) is 52.6 Å². The zero-order chi connectivity index (χ0) is 11.8. The summed E-state index contributed by atoms with van der Waals surface area (Å²) < 4.78 is 10.1. The fourth-order valence-electron chi connectivity index (χ4n) is 0.902. The highest BCUT2D eigenvalue weighted by atomic mass is 16.6. The normalized spacial score (nSPS) is 11.9. The van der Waals surface area contributed by atoms with Gasteiger partial charge in [0.15, 0.2) is 0 Å². The molecule has 0 amide bonds. The van der Waals surface area contributed by atoms with E-state index < -0.39 is 5.97 Å². The summed E-state index contributed by atoms with van der Waals surface area (Å²) >= 11 is 0. The molecule has 0 aromatic heterocycles. The molecule has 86 valence electrons. The van der Waals surface area contributed by atoms with Crippen LogP contribution >= 0.6 is 0 Å². The van der Waals surface area contributed by atoms with Gasteiger partial charge in [0.2, 0.25) is 0 Å². The largest absolute Gasteiger partial charge is 0.460 e. The lowest BCUT2D eigenvalue weighted by Crippen LogP contribution is -2.21. The molecule has 1 unspecified atom stereocenters. The van der Waals surface area contributed by atoms with Crippen LogP contribution in [0, 0.1) is 0 Å². The number of esters is 1. The van der Waals surface area contributed by atoms with Crippen molar-refractivity contribution < 1.29 is 19.1 Å². The minimum absolute atomic E-state index is 0.176. The Morgan fingerprint density at radius 2 is 1.93 bits per heavy atom. The minimum atomic E-state index is -0.506. The summed E-state index contributed by atoms with van der Waals surface area (Å²) in [6.07, 6.45) is -0.513. The molecule has 4 nitrogen and oxygen atoms in total. The van der Waals surface area contributed by atoms with E-state index in [2.05, 4.69) is 6.58 Å². The zero-order valence-electron chi connectivity index (χ0n) is 9.54. The van der Waals surface area contributed by atoms with Crippen LogP contribution in [0.3, 0.4) is 0 Å². The molecule has 0 N–H and O–H groups in total. The smallest absolute Gasteiger partial charge is 0.313 e. The maximum atomic E-state index is 11.0. The Hall–Kier alpha value is -1.16. The molecule has 0 saturated heterocycles. The monoisotopic (exact) mass is 214 g/mol. The second-order valence-corrected chi connectivity index (χ2v) is 3.65. The van der Waals surface area contributed by atoms with E-state index in [1.807, 2.05) is 6.92 Å². The molecule has 0 aliphatic heterocycles. The van der Waals surface area contributed by atoms with E-state index in [1.54, 1.807) is 6.92 Å². The van der Waals surface area contributed by atoms with Crippen molar-refractivity contribution in [2.75, 3.05) is 13.2 Å². The maximum absolute atomic E-state index is 11.0. The zero-order valence-corrected chi connectivity index (χ0v) is 9.54. The first-order valence-corrected chi connectivity index (χ1v) is 4.83. The van der Waals surface area contributed by atoms with Gasteiger partial charge < -0.3 is 9.47 Å². The molecular weight excluding hydrogens is 196 g/mol. The van der Waals surface area contributed by atoms with E-state index >= 15 is 0 Å². The third-order valence-electron chi connectivity index (χ3n) is 1.43. The second kappa shape index (κ2) is 7.17. The van der Waals surface area contributed by atoms with Gasteiger partial charge in [-0.3, -0.25) is 9.59 Å². The lowest BCUT2D eigenvalue weighted by atomic mass is 10.3. The standard InChI is InChI=1S/C11H18O4/c1-8(2)6-14-7-10(4)15-11(13)5-9(3)12/h10H,1,5-7H2,2-4H3. The molecular formula is C11H18O4. The molecule has 0 radical (unpaired) electrons. The number of rotatable bonds is 7. The van der Waals surface area contributed by atoms with Gasteiger partial charge >= 0.3 is 5.97 Å². The molecule has 0 fully saturated rings. The van der Waals surface area contributed by atoms with Crippen LogP contribution in [0.15, 0.2) is 12.2 Å². The van der Waals surface area contributed by atoms with Crippen molar-refractivity contribution in [3.63, 3.8) is 0 Å². The van der Waals surface area contributed by atoms with Gasteiger partial charge in [0, 0.05) is 0 Å². The fourth-order valence-corrected chi connectivity index (χ4v) is 0.902. The summed E-state index contributed by atoms with van der Waals surface area (Å²) in [6.45, 7) is 9.37. The third kappa shape index (κ3) is 9.15. The summed E-state index contributed by atoms with van der Waals surface area (Å²) in [4.78, 5) is 21.6. The number of carbonyl (C=O) groups is 2. The SMILES string of the molecule is C=C(C)COCC(C)OC(=O)CC(C)=O. The van der Waals surface area contributed by atoms with Crippen molar-refractivity contribution in [3.8, 4) is 0 Å². The van der Waals surface area contributed by atoms with Crippen molar-refractivity contribution in [1.82, 2.24) is 0 Å². The Bertz CT molecular complexity index is 245. The van der Waals surface area contributed by atoms with Gasteiger partial charge in [0.05, 0.1) is 13.2 Å². The molecule has 0 heterocycles. The molecule has 0 aromatic rings. The molecule has 0 spiro atoms. The minimum Gasteiger partial charge on any atom is -0.460 e. The number of Topliss-reactive ketones (excluding diaryl/α,β-unsaturated/α-hetero) is 1. The van der Waals surface area contributed by atoms with Crippen molar-refractivity contribution in [1.29, 1.82) is 0 Å². The van der Waals surface area contributed by atoms with Crippen LogP contribution in [0.1, 0.15) is 27.2 Å². The molecule has 0 bridgehead atoms. The summed E-state index contributed by atoms with van der Waals surface area (Å²) in [6, 6.07) is 0. The van der Waals surface area contributed by atoms with Crippen LogP contribution in [0.4, 0.5) is 0 Å². The van der Waals surface area contributed by atoms with Crippen LogP contribution in [0.5, 0.6) is 0 Å². The maximum Gasteiger partial charge on any atom is 0.313 e. The Morgan fingerprint density at radius 1 is 1.33 bits per heavy atom. The lowest BCUT2D eigenvalue weighted by molar-refractivity contribution is -0.152.